The van der Waals surface area contributed by atoms with Crippen molar-refractivity contribution in [1.82, 2.24) is 15.5 Å². The summed E-state index contributed by atoms with van der Waals surface area (Å²) in [6.07, 6.45) is 2.38. The lowest BCUT2D eigenvalue weighted by atomic mass is 10.0. The van der Waals surface area contributed by atoms with Gasteiger partial charge in [-0.05, 0) is 31.1 Å². The molecule has 0 aliphatic carbocycles. The first kappa shape index (κ1) is 11.9. The summed E-state index contributed by atoms with van der Waals surface area (Å²) in [7, 11) is 0. The Morgan fingerprint density at radius 3 is 3.12 bits per heavy atom. The molecule has 1 N–H and O–H groups in total. The Balaban J connectivity index is 1.91. The third-order valence-corrected chi connectivity index (χ3v) is 4.02. The maximum Gasteiger partial charge on any atom is 0.244 e. The molecule has 2 unspecified atom stereocenters. The molecule has 16 heavy (non-hydrogen) atoms. The molecule has 1 aliphatic heterocycles. The van der Waals surface area contributed by atoms with Crippen LogP contribution in [0.15, 0.2) is 4.52 Å². The quantitative estimate of drug-likeness (QED) is 0.802. The minimum atomic E-state index is 0.262. The number of rotatable bonds is 5. The van der Waals surface area contributed by atoms with Gasteiger partial charge in [-0.25, -0.2) is 0 Å². The number of nitrogens with zero attached hydrogens (tertiary/aromatic N) is 2. The van der Waals surface area contributed by atoms with E-state index in [0.29, 0.717) is 5.92 Å². The van der Waals surface area contributed by atoms with Crippen molar-refractivity contribution in [2.24, 2.45) is 5.92 Å². The van der Waals surface area contributed by atoms with Crippen molar-refractivity contribution in [3.05, 3.63) is 11.7 Å². The fourth-order valence-electron chi connectivity index (χ4n) is 1.93. The van der Waals surface area contributed by atoms with E-state index in [9.17, 15) is 0 Å². The van der Waals surface area contributed by atoms with E-state index < -0.39 is 0 Å². The molecule has 5 heteroatoms. The molecule has 0 saturated carbocycles. The fourth-order valence-corrected chi connectivity index (χ4v) is 2.66. The van der Waals surface area contributed by atoms with Crippen LogP contribution in [0.5, 0.6) is 0 Å². The van der Waals surface area contributed by atoms with Gasteiger partial charge in [0.2, 0.25) is 5.89 Å². The van der Waals surface area contributed by atoms with Crippen molar-refractivity contribution >= 4 is 11.8 Å². The van der Waals surface area contributed by atoms with Crippen LogP contribution >= 0.6 is 11.8 Å². The van der Waals surface area contributed by atoms with Crippen LogP contribution in [0.4, 0.5) is 0 Å². The van der Waals surface area contributed by atoms with Gasteiger partial charge in [0.1, 0.15) is 0 Å². The Hall–Kier alpha value is -0.550. The van der Waals surface area contributed by atoms with Crippen molar-refractivity contribution in [2.45, 2.75) is 38.5 Å². The molecule has 0 radical (unpaired) electrons. The molecule has 2 atom stereocenters. The largest absolute Gasteiger partial charge is 0.338 e. The van der Waals surface area contributed by atoms with Gasteiger partial charge in [0, 0.05) is 0 Å². The molecule has 1 aromatic heterocycles. The normalized spacial score (nSPS) is 25.1. The predicted octanol–water partition coefficient (Wildman–Crippen LogP) is 2.38. The highest BCUT2D eigenvalue weighted by molar-refractivity contribution is 7.98. The smallest absolute Gasteiger partial charge is 0.244 e. The monoisotopic (exact) mass is 241 g/mol. The number of nitrogens with one attached hydrogen (secondary N) is 1. The third-order valence-electron chi connectivity index (χ3n) is 2.86. The molecule has 1 aromatic rings. The first-order chi connectivity index (χ1) is 7.81. The van der Waals surface area contributed by atoms with Crippen LogP contribution in [0.25, 0.3) is 0 Å². The number of hydrogen-bond donors (Lipinski definition) is 1. The number of aromatic nitrogens is 2. The van der Waals surface area contributed by atoms with Gasteiger partial charge < -0.3 is 9.84 Å². The Labute approximate surface area is 101 Å². The van der Waals surface area contributed by atoms with Crippen molar-refractivity contribution in [2.75, 3.05) is 12.3 Å². The summed E-state index contributed by atoms with van der Waals surface area (Å²) >= 11 is 1.86. The van der Waals surface area contributed by atoms with Gasteiger partial charge in [-0.15, -0.1) is 0 Å². The second-order valence-electron chi connectivity index (χ2n) is 4.30. The SMILES string of the molecule is CCCSCc1noc(C2NCCC2C)n1. The van der Waals surface area contributed by atoms with Gasteiger partial charge in [-0.1, -0.05) is 19.0 Å². The van der Waals surface area contributed by atoms with Crippen LogP contribution in [0.3, 0.4) is 0 Å². The summed E-state index contributed by atoms with van der Waals surface area (Å²) in [5.74, 6) is 4.20. The van der Waals surface area contributed by atoms with E-state index in [1.807, 2.05) is 11.8 Å². The predicted molar refractivity (Wildman–Crippen MR) is 65.3 cm³/mol. The second-order valence-corrected chi connectivity index (χ2v) is 5.40. The number of hydrogen-bond acceptors (Lipinski definition) is 5. The van der Waals surface area contributed by atoms with Gasteiger partial charge in [0.25, 0.3) is 0 Å². The maximum atomic E-state index is 5.31. The molecule has 0 aromatic carbocycles. The molecule has 1 saturated heterocycles. The van der Waals surface area contributed by atoms with Crippen LogP contribution in [0.2, 0.25) is 0 Å². The zero-order valence-electron chi connectivity index (χ0n) is 9.90. The zero-order chi connectivity index (χ0) is 11.4. The summed E-state index contributed by atoms with van der Waals surface area (Å²) in [5.41, 5.74) is 0. The molecule has 1 fully saturated rings. The standard InChI is InChI=1S/C11H19N3OS/c1-3-6-16-7-9-13-11(15-14-9)10-8(2)4-5-12-10/h8,10,12H,3-7H2,1-2H3. The zero-order valence-corrected chi connectivity index (χ0v) is 10.7. The lowest BCUT2D eigenvalue weighted by Crippen LogP contribution is -2.16. The Kier molecular flexibility index (Phi) is 4.23. The molecule has 0 amide bonds. The van der Waals surface area contributed by atoms with Crippen molar-refractivity contribution in [1.29, 1.82) is 0 Å². The van der Waals surface area contributed by atoms with Crippen LogP contribution in [0, 0.1) is 5.92 Å². The van der Waals surface area contributed by atoms with E-state index in [1.54, 1.807) is 0 Å². The minimum Gasteiger partial charge on any atom is -0.338 e. The van der Waals surface area contributed by atoms with Crippen LogP contribution < -0.4 is 5.32 Å². The summed E-state index contributed by atoms with van der Waals surface area (Å²) in [4.78, 5) is 4.45. The number of thioether (sulfide) groups is 1. The summed E-state index contributed by atoms with van der Waals surface area (Å²) < 4.78 is 5.31. The first-order valence-corrected chi connectivity index (χ1v) is 7.10. The molecular weight excluding hydrogens is 222 g/mol. The lowest BCUT2D eigenvalue weighted by Gasteiger charge is -2.09. The molecule has 90 valence electrons. The molecule has 2 heterocycles. The van der Waals surface area contributed by atoms with E-state index in [4.69, 9.17) is 4.52 Å². The van der Waals surface area contributed by atoms with Gasteiger partial charge >= 0.3 is 0 Å². The van der Waals surface area contributed by atoms with Gasteiger partial charge in [-0.2, -0.15) is 16.7 Å². The van der Waals surface area contributed by atoms with Crippen molar-refractivity contribution < 1.29 is 4.52 Å². The molecule has 1 aliphatic rings. The average molecular weight is 241 g/mol. The molecular formula is C11H19N3OS. The molecule has 0 bridgehead atoms. The van der Waals surface area contributed by atoms with Gasteiger partial charge in [-0.3, -0.25) is 0 Å². The van der Waals surface area contributed by atoms with E-state index >= 15 is 0 Å². The van der Waals surface area contributed by atoms with E-state index in [1.165, 1.54) is 12.8 Å². The maximum absolute atomic E-state index is 5.31. The molecule has 4 nitrogen and oxygen atoms in total. The van der Waals surface area contributed by atoms with Gasteiger partial charge in [0.05, 0.1) is 11.8 Å². The van der Waals surface area contributed by atoms with E-state index in [2.05, 4.69) is 29.3 Å². The van der Waals surface area contributed by atoms with Crippen molar-refractivity contribution in [3.8, 4) is 0 Å². The van der Waals surface area contributed by atoms with Crippen LogP contribution in [-0.2, 0) is 5.75 Å². The minimum absolute atomic E-state index is 0.262. The van der Waals surface area contributed by atoms with Gasteiger partial charge in [0.15, 0.2) is 5.82 Å². The van der Waals surface area contributed by atoms with E-state index in [0.717, 1.165) is 29.8 Å². The van der Waals surface area contributed by atoms with Crippen LogP contribution in [-0.4, -0.2) is 22.4 Å². The summed E-state index contributed by atoms with van der Waals surface area (Å²) in [5, 5.41) is 7.42. The Morgan fingerprint density at radius 1 is 1.56 bits per heavy atom. The van der Waals surface area contributed by atoms with E-state index in [-0.39, 0.29) is 6.04 Å². The third kappa shape index (κ3) is 2.77. The van der Waals surface area contributed by atoms with Crippen molar-refractivity contribution in [3.63, 3.8) is 0 Å². The molecule has 0 spiro atoms. The van der Waals surface area contributed by atoms with Crippen LogP contribution in [0.1, 0.15) is 44.4 Å². The Morgan fingerprint density at radius 2 is 2.44 bits per heavy atom. The highest BCUT2D eigenvalue weighted by Gasteiger charge is 2.29. The second kappa shape index (κ2) is 5.68. The molecule has 2 rings (SSSR count). The lowest BCUT2D eigenvalue weighted by molar-refractivity contribution is 0.317. The Bertz CT molecular complexity index is 329. The topological polar surface area (TPSA) is 51.0 Å². The highest BCUT2D eigenvalue weighted by Crippen LogP contribution is 2.27. The summed E-state index contributed by atoms with van der Waals surface area (Å²) in [6.45, 7) is 5.45. The highest BCUT2D eigenvalue weighted by atomic mass is 32.2. The summed E-state index contributed by atoms with van der Waals surface area (Å²) in [6, 6.07) is 0.262. The fraction of sp³-hybridized carbons (Fsp3) is 0.818. The first-order valence-electron chi connectivity index (χ1n) is 5.95. The average Bonchev–Trinajstić information content (AvgIpc) is 2.87.